The van der Waals surface area contributed by atoms with Crippen molar-refractivity contribution in [3.05, 3.63) is 0 Å². The lowest BCUT2D eigenvalue weighted by Crippen LogP contribution is -2.36. The average molecular weight is 371 g/mol. The summed E-state index contributed by atoms with van der Waals surface area (Å²) in [6.07, 6.45) is 0. The highest BCUT2D eigenvalue weighted by Crippen LogP contribution is 2.14. The zero-order valence-corrected chi connectivity index (χ0v) is 16.2. The van der Waals surface area contributed by atoms with Gasteiger partial charge in [0.2, 0.25) is 17.8 Å². The number of hydrogen-bond donors (Lipinski definition) is 5. The van der Waals surface area contributed by atoms with E-state index in [0.29, 0.717) is 57.4 Å². The maximum absolute atomic E-state index is 9.42. The molecular formula is C16H33N7O3. The highest BCUT2D eigenvalue weighted by Gasteiger charge is 2.18. The van der Waals surface area contributed by atoms with Crippen LogP contribution in [0.15, 0.2) is 0 Å². The fraction of sp³-hybridized carbons (Fsp3) is 0.812. The van der Waals surface area contributed by atoms with Crippen molar-refractivity contribution in [3.8, 4) is 0 Å². The number of anilines is 3. The van der Waals surface area contributed by atoms with E-state index in [-0.39, 0.29) is 12.6 Å². The van der Waals surface area contributed by atoms with E-state index in [1.54, 1.807) is 0 Å². The molecule has 0 saturated heterocycles. The molecule has 0 unspecified atom stereocenters. The normalized spacial score (nSPS) is 11.7. The Kier molecular flexibility index (Phi) is 10.1. The summed E-state index contributed by atoms with van der Waals surface area (Å²) in [4.78, 5) is 13.0. The van der Waals surface area contributed by atoms with Crippen LogP contribution in [0.1, 0.15) is 27.7 Å². The van der Waals surface area contributed by atoms with Crippen molar-refractivity contribution in [2.75, 3.05) is 62.1 Å². The molecule has 1 heterocycles. The van der Waals surface area contributed by atoms with E-state index in [4.69, 9.17) is 15.2 Å². The van der Waals surface area contributed by atoms with E-state index < -0.39 is 5.54 Å². The van der Waals surface area contributed by atoms with E-state index in [9.17, 15) is 5.11 Å². The van der Waals surface area contributed by atoms with Crippen molar-refractivity contribution in [2.24, 2.45) is 5.73 Å². The van der Waals surface area contributed by atoms with Crippen molar-refractivity contribution in [1.29, 1.82) is 0 Å². The lowest BCUT2D eigenvalue weighted by Gasteiger charge is -2.24. The monoisotopic (exact) mass is 371 g/mol. The first-order valence-corrected chi connectivity index (χ1v) is 8.87. The van der Waals surface area contributed by atoms with Crippen LogP contribution in [-0.4, -0.2) is 77.8 Å². The number of rotatable bonds is 14. The Morgan fingerprint density at radius 2 is 1.62 bits per heavy atom. The van der Waals surface area contributed by atoms with Crippen LogP contribution in [0, 0.1) is 0 Å². The number of aromatic nitrogens is 3. The SMILES string of the molecule is CC(C)Nc1nc(NCCOCCOCCN)nc(NC(C)(C)CO)n1. The third-order valence-corrected chi connectivity index (χ3v) is 3.06. The van der Waals surface area contributed by atoms with Gasteiger partial charge >= 0.3 is 0 Å². The minimum atomic E-state index is -0.541. The minimum Gasteiger partial charge on any atom is -0.394 e. The summed E-state index contributed by atoms with van der Waals surface area (Å²) in [5.41, 5.74) is 4.80. The molecule has 0 aliphatic heterocycles. The maximum atomic E-state index is 9.42. The van der Waals surface area contributed by atoms with Crippen molar-refractivity contribution < 1.29 is 14.6 Å². The van der Waals surface area contributed by atoms with Gasteiger partial charge in [0.15, 0.2) is 0 Å². The molecule has 0 aromatic carbocycles. The van der Waals surface area contributed by atoms with Gasteiger partial charge < -0.3 is 36.3 Å². The van der Waals surface area contributed by atoms with Gasteiger partial charge in [0.05, 0.1) is 38.6 Å². The number of hydrogen-bond acceptors (Lipinski definition) is 10. The molecule has 26 heavy (non-hydrogen) atoms. The molecule has 0 amide bonds. The lowest BCUT2D eigenvalue weighted by atomic mass is 10.1. The van der Waals surface area contributed by atoms with Crippen molar-refractivity contribution in [1.82, 2.24) is 15.0 Å². The summed E-state index contributed by atoms with van der Waals surface area (Å²) in [5, 5.41) is 18.8. The van der Waals surface area contributed by atoms with Gasteiger partial charge in [-0.05, 0) is 27.7 Å². The third kappa shape index (κ3) is 9.66. The summed E-state index contributed by atoms with van der Waals surface area (Å²) < 4.78 is 10.7. The fourth-order valence-corrected chi connectivity index (χ4v) is 1.82. The van der Waals surface area contributed by atoms with Gasteiger partial charge in [-0.1, -0.05) is 0 Å². The lowest BCUT2D eigenvalue weighted by molar-refractivity contribution is 0.0547. The van der Waals surface area contributed by atoms with Crippen LogP contribution in [0.4, 0.5) is 17.8 Å². The molecule has 10 heteroatoms. The molecular weight excluding hydrogens is 338 g/mol. The maximum Gasteiger partial charge on any atom is 0.229 e. The summed E-state index contributed by atoms with van der Waals surface area (Å²) in [6.45, 7) is 10.8. The van der Waals surface area contributed by atoms with Crippen LogP contribution in [0.5, 0.6) is 0 Å². The second-order valence-electron chi connectivity index (χ2n) is 6.71. The van der Waals surface area contributed by atoms with Gasteiger partial charge in [-0.3, -0.25) is 0 Å². The molecule has 0 radical (unpaired) electrons. The number of nitrogens with one attached hydrogen (secondary N) is 3. The van der Waals surface area contributed by atoms with Gasteiger partial charge in [-0.25, -0.2) is 0 Å². The predicted molar refractivity (Wildman–Crippen MR) is 103 cm³/mol. The fourth-order valence-electron chi connectivity index (χ4n) is 1.82. The van der Waals surface area contributed by atoms with Crippen LogP contribution in [0.25, 0.3) is 0 Å². The van der Waals surface area contributed by atoms with Crippen LogP contribution >= 0.6 is 0 Å². The molecule has 10 nitrogen and oxygen atoms in total. The summed E-state index contributed by atoms with van der Waals surface area (Å²) in [6, 6.07) is 0.181. The first-order chi connectivity index (χ1) is 12.4. The Morgan fingerprint density at radius 3 is 2.23 bits per heavy atom. The summed E-state index contributed by atoms with van der Waals surface area (Å²) in [7, 11) is 0. The molecule has 0 aliphatic rings. The summed E-state index contributed by atoms with van der Waals surface area (Å²) in [5.74, 6) is 1.29. The first-order valence-electron chi connectivity index (χ1n) is 8.87. The van der Waals surface area contributed by atoms with Crippen LogP contribution in [0.2, 0.25) is 0 Å². The van der Waals surface area contributed by atoms with Crippen molar-refractivity contribution in [2.45, 2.75) is 39.3 Å². The molecule has 1 aromatic heterocycles. The molecule has 0 spiro atoms. The number of nitrogens with two attached hydrogens (primary N) is 1. The van der Waals surface area contributed by atoms with E-state index >= 15 is 0 Å². The van der Waals surface area contributed by atoms with Gasteiger partial charge in [0.25, 0.3) is 0 Å². The molecule has 0 saturated carbocycles. The average Bonchev–Trinajstić information content (AvgIpc) is 2.56. The Morgan fingerprint density at radius 1 is 1.00 bits per heavy atom. The number of aliphatic hydroxyl groups excluding tert-OH is 1. The molecule has 1 aromatic rings. The second kappa shape index (κ2) is 11.8. The molecule has 0 bridgehead atoms. The zero-order valence-electron chi connectivity index (χ0n) is 16.2. The number of nitrogens with zero attached hydrogens (tertiary/aromatic N) is 3. The van der Waals surface area contributed by atoms with Gasteiger partial charge in [-0.2, -0.15) is 15.0 Å². The van der Waals surface area contributed by atoms with E-state index in [0.717, 1.165) is 0 Å². The van der Waals surface area contributed by atoms with E-state index in [2.05, 4.69) is 30.9 Å². The minimum absolute atomic E-state index is 0.0472. The van der Waals surface area contributed by atoms with Crippen LogP contribution in [-0.2, 0) is 9.47 Å². The Labute approximate surface area is 155 Å². The second-order valence-corrected chi connectivity index (χ2v) is 6.71. The van der Waals surface area contributed by atoms with Crippen LogP contribution in [0.3, 0.4) is 0 Å². The first kappa shape index (κ1) is 22.3. The molecule has 6 N–H and O–H groups in total. The molecule has 0 fully saturated rings. The quantitative estimate of drug-likeness (QED) is 0.290. The number of ether oxygens (including phenoxy) is 2. The molecule has 1 rings (SSSR count). The van der Waals surface area contributed by atoms with Gasteiger partial charge in [0.1, 0.15) is 0 Å². The zero-order chi connectivity index (χ0) is 19.4. The Hall–Kier alpha value is -1.75. The highest BCUT2D eigenvalue weighted by atomic mass is 16.5. The largest absolute Gasteiger partial charge is 0.394 e. The highest BCUT2D eigenvalue weighted by molar-refractivity contribution is 5.43. The van der Waals surface area contributed by atoms with Gasteiger partial charge in [-0.15, -0.1) is 0 Å². The molecule has 0 aliphatic carbocycles. The topological polar surface area (TPSA) is 139 Å². The van der Waals surface area contributed by atoms with Gasteiger partial charge in [0, 0.05) is 19.1 Å². The Balaban J connectivity index is 2.56. The molecule has 150 valence electrons. The van der Waals surface area contributed by atoms with E-state index in [1.807, 2.05) is 27.7 Å². The summed E-state index contributed by atoms with van der Waals surface area (Å²) >= 11 is 0. The van der Waals surface area contributed by atoms with Crippen molar-refractivity contribution >= 4 is 17.8 Å². The van der Waals surface area contributed by atoms with Crippen LogP contribution < -0.4 is 21.7 Å². The molecule has 0 atom stereocenters. The number of aliphatic hydroxyl groups is 1. The van der Waals surface area contributed by atoms with Crippen molar-refractivity contribution in [3.63, 3.8) is 0 Å². The predicted octanol–water partition coefficient (Wildman–Crippen LogP) is 0.279. The van der Waals surface area contributed by atoms with E-state index in [1.165, 1.54) is 0 Å². The Bertz CT molecular complexity index is 515. The smallest absolute Gasteiger partial charge is 0.229 e. The standard InChI is InChI=1S/C16H33N7O3/c1-12(2)19-14-20-13(18-6-8-26-10-9-25-7-5-17)21-15(22-14)23-16(3,4)11-24/h12,24H,5-11,17H2,1-4H3,(H3,18,19,20,21,22,23). The third-order valence-electron chi connectivity index (χ3n) is 3.06.